The van der Waals surface area contributed by atoms with Gasteiger partial charge in [-0.25, -0.2) is 4.39 Å². The predicted octanol–water partition coefficient (Wildman–Crippen LogP) is 5.32. The molecule has 0 saturated carbocycles. The van der Waals surface area contributed by atoms with E-state index < -0.39 is 5.92 Å². The van der Waals surface area contributed by atoms with Gasteiger partial charge < -0.3 is 15.2 Å². The fraction of sp³-hybridized carbons (Fsp3) is 0.111. The van der Waals surface area contributed by atoms with E-state index in [2.05, 4.69) is 16.3 Å². The molecule has 34 heavy (non-hydrogen) atoms. The van der Waals surface area contributed by atoms with Gasteiger partial charge in [0, 0.05) is 5.56 Å². The molecule has 0 radical (unpaired) electrons. The Hall–Kier alpha value is -4.57. The SMILES string of the molecule is Cc1ccc(-c2[nH]nc3c2[C@H](c2ccc(OCc4ccc(F)cc4)cc2)C(C#N)=C(N)O3)cc1. The number of benzene rings is 3. The smallest absolute Gasteiger partial charge is 0.244 e. The summed E-state index contributed by atoms with van der Waals surface area (Å²) in [5.41, 5.74) is 11.7. The maximum absolute atomic E-state index is 13.1. The fourth-order valence-corrected chi connectivity index (χ4v) is 4.02. The molecule has 2 heterocycles. The third kappa shape index (κ3) is 3.97. The second-order valence-electron chi connectivity index (χ2n) is 8.09. The van der Waals surface area contributed by atoms with Crippen molar-refractivity contribution < 1.29 is 13.9 Å². The molecule has 0 fully saturated rings. The Balaban J connectivity index is 1.48. The number of hydrogen-bond acceptors (Lipinski definition) is 5. The van der Waals surface area contributed by atoms with Crippen molar-refractivity contribution in [1.29, 1.82) is 5.26 Å². The number of ether oxygens (including phenoxy) is 2. The van der Waals surface area contributed by atoms with Gasteiger partial charge in [-0.2, -0.15) is 5.26 Å². The van der Waals surface area contributed by atoms with Gasteiger partial charge in [0.1, 0.15) is 29.8 Å². The van der Waals surface area contributed by atoms with Crippen LogP contribution >= 0.6 is 0 Å². The number of nitrogens with one attached hydrogen (secondary N) is 1. The van der Waals surface area contributed by atoms with E-state index in [4.69, 9.17) is 15.2 Å². The number of aromatic amines is 1. The number of fused-ring (bicyclic) bond motifs is 1. The number of nitrogens with two attached hydrogens (primary N) is 1. The third-order valence-corrected chi connectivity index (χ3v) is 5.81. The van der Waals surface area contributed by atoms with Crippen molar-refractivity contribution in [2.45, 2.75) is 19.4 Å². The van der Waals surface area contributed by atoms with Gasteiger partial charge in [0.05, 0.1) is 17.2 Å². The summed E-state index contributed by atoms with van der Waals surface area (Å²) in [4.78, 5) is 0. The zero-order valence-electron chi connectivity index (χ0n) is 18.4. The molecule has 1 atom stereocenters. The van der Waals surface area contributed by atoms with Crippen LogP contribution in [0, 0.1) is 24.1 Å². The molecule has 6 nitrogen and oxygen atoms in total. The van der Waals surface area contributed by atoms with Crippen molar-refractivity contribution in [3.05, 3.63) is 112 Å². The van der Waals surface area contributed by atoms with E-state index >= 15 is 0 Å². The Kier molecular flexibility index (Phi) is 5.48. The predicted molar refractivity (Wildman–Crippen MR) is 125 cm³/mol. The molecule has 0 spiro atoms. The van der Waals surface area contributed by atoms with Crippen LogP contribution < -0.4 is 15.2 Å². The average molecular weight is 452 g/mol. The van der Waals surface area contributed by atoms with Gasteiger partial charge in [-0.05, 0) is 42.3 Å². The first-order valence-electron chi connectivity index (χ1n) is 10.7. The normalized spacial score (nSPS) is 14.8. The van der Waals surface area contributed by atoms with Gasteiger partial charge in [-0.1, -0.05) is 54.1 Å². The van der Waals surface area contributed by atoms with Gasteiger partial charge in [0.15, 0.2) is 0 Å². The Bertz CT molecular complexity index is 1400. The highest BCUT2D eigenvalue weighted by Gasteiger charge is 2.35. The number of allylic oxidation sites excluding steroid dienone is 1. The first-order valence-corrected chi connectivity index (χ1v) is 10.7. The van der Waals surface area contributed by atoms with E-state index in [1.54, 1.807) is 12.1 Å². The van der Waals surface area contributed by atoms with Crippen molar-refractivity contribution in [1.82, 2.24) is 10.2 Å². The molecule has 0 amide bonds. The van der Waals surface area contributed by atoms with Crippen LogP contribution in [0.2, 0.25) is 0 Å². The maximum atomic E-state index is 13.1. The van der Waals surface area contributed by atoms with Crippen LogP contribution in [0.15, 0.2) is 84.3 Å². The van der Waals surface area contributed by atoms with Crippen LogP contribution in [-0.4, -0.2) is 10.2 Å². The van der Waals surface area contributed by atoms with E-state index in [0.717, 1.165) is 33.5 Å². The summed E-state index contributed by atoms with van der Waals surface area (Å²) < 4.78 is 24.6. The molecule has 0 bridgehead atoms. The third-order valence-electron chi connectivity index (χ3n) is 5.81. The lowest BCUT2D eigenvalue weighted by Crippen LogP contribution is -2.21. The lowest BCUT2D eigenvalue weighted by molar-refractivity contribution is 0.306. The standard InChI is InChI=1S/C27H21FN4O2/c1-16-2-6-19(7-3-16)25-24-23(22(14-29)26(30)34-27(24)32-31-25)18-8-12-21(13-9-18)33-15-17-4-10-20(28)11-5-17/h2-13,23H,15,30H2,1H3,(H,31,32)/t23-/m1/s1. The second kappa shape index (κ2) is 8.75. The van der Waals surface area contributed by atoms with E-state index in [-0.39, 0.29) is 11.7 Å². The first kappa shape index (κ1) is 21.3. The number of aromatic nitrogens is 2. The quantitative estimate of drug-likeness (QED) is 0.427. The molecule has 0 unspecified atom stereocenters. The Morgan fingerprint density at radius 3 is 2.44 bits per heavy atom. The van der Waals surface area contributed by atoms with Crippen molar-refractivity contribution >= 4 is 0 Å². The Labute approximate surface area is 196 Å². The molecular weight excluding hydrogens is 431 g/mol. The summed E-state index contributed by atoms with van der Waals surface area (Å²) in [7, 11) is 0. The minimum Gasteiger partial charge on any atom is -0.489 e. The first-order chi connectivity index (χ1) is 16.5. The van der Waals surface area contributed by atoms with Crippen LogP contribution in [-0.2, 0) is 6.61 Å². The lowest BCUT2D eigenvalue weighted by atomic mass is 9.83. The lowest BCUT2D eigenvalue weighted by Gasteiger charge is -2.24. The van der Waals surface area contributed by atoms with Gasteiger partial charge in [0.2, 0.25) is 11.8 Å². The van der Waals surface area contributed by atoms with Crippen LogP contribution in [0.3, 0.4) is 0 Å². The summed E-state index contributed by atoms with van der Waals surface area (Å²) in [5.74, 6) is 0.317. The number of halogens is 1. The minimum absolute atomic E-state index is 0.0404. The number of nitrogens with zero attached hydrogens (tertiary/aromatic N) is 2. The van der Waals surface area contributed by atoms with E-state index in [1.807, 2.05) is 55.5 Å². The highest BCUT2D eigenvalue weighted by atomic mass is 19.1. The van der Waals surface area contributed by atoms with Gasteiger partial charge in [-0.3, -0.25) is 5.10 Å². The maximum Gasteiger partial charge on any atom is 0.244 e. The van der Waals surface area contributed by atoms with Gasteiger partial charge in [-0.15, -0.1) is 5.10 Å². The monoisotopic (exact) mass is 452 g/mol. The van der Waals surface area contributed by atoms with Gasteiger partial charge >= 0.3 is 0 Å². The van der Waals surface area contributed by atoms with Crippen LogP contribution in [0.1, 0.15) is 28.2 Å². The number of H-pyrrole nitrogens is 1. The molecular formula is C27H21FN4O2. The molecule has 3 N–H and O–H groups in total. The van der Waals surface area contributed by atoms with Crippen LogP contribution in [0.5, 0.6) is 11.6 Å². The summed E-state index contributed by atoms with van der Waals surface area (Å²) >= 11 is 0. The molecule has 1 aliphatic heterocycles. The van der Waals surface area contributed by atoms with Crippen molar-refractivity contribution in [3.8, 4) is 29.0 Å². The number of hydrogen-bond donors (Lipinski definition) is 2. The average Bonchev–Trinajstić information content (AvgIpc) is 3.27. The number of nitriles is 1. The molecule has 1 aliphatic rings. The fourth-order valence-electron chi connectivity index (χ4n) is 4.02. The highest BCUT2D eigenvalue weighted by Crippen LogP contribution is 2.45. The van der Waals surface area contributed by atoms with Crippen LogP contribution in [0.4, 0.5) is 4.39 Å². The number of aryl methyl sites for hydroxylation is 1. The highest BCUT2D eigenvalue weighted by molar-refractivity contribution is 5.71. The zero-order chi connectivity index (χ0) is 23.7. The molecule has 3 aromatic carbocycles. The van der Waals surface area contributed by atoms with E-state index in [9.17, 15) is 9.65 Å². The van der Waals surface area contributed by atoms with E-state index in [1.165, 1.54) is 12.1 Å². The topological polar surface area (TPSA) is 97.0 Å². The molecule has 0 aliphatic carbocycles. The van der Waals surface area contributed by atoms with Crippen molar-refractivity contribution in [3.63, 3.8) is 0 Å². The second-order valence-corrected chi connectivity index (χ2v) is 8.09. The molecule has 4 aromatic rings. The van der Waals surface area contributed by atoms with Crippen LogP contribution in [0.25, 0.3) is 11.3 Å². The van der Waals surface area contributed by atoms with Crippen molar-refractivity contribution in [2.24, 2.45) is 5.73 Å². The molecule has 0 saturated heterocycles. The molecule has 168 valence electrons. The van der Waals surface area contributed by atoms with E-state index in [0.29, 0.717) is 23.8 Å². The summed E-state index contributed by atoms with van der Waals surface area (Å²) in [6.07, 6.45) is 0. The largest absolute Gasteiger partial charge is 0.489 e. The summed E-state index contributed by atoms with van der Waals surface area (Å²) in [6, 6.07) is 23.9. The van der Waals surface area contributed by atoms with Gasteiger partial charge in [0.25, 0.3) is 0 Å². The minimum atomic E-state index is -0.449. The summed E-state index contributed by atoms with van der Waals surface area (Å²) in [5, 5.41) is 17.3. The molecule has 5 rings (SSSR count). The number of rotatable bonds is 5. The Morgan fingerprint density at radius 1 is 1.06 bits per heavy atom. The summed E-state index contributed by atoms with van der Waals surface area (Å²) in [6.45, 7) is 2.34. The molecule has 1 aromatic heterocycles. The Morgan fingerprint density at radius 2 is 1.76 bits per heavy atom. The zero-order valence-corrected chi connectivity index (χ0v) is 18.4. The van der Waals surface area contributed by atoms with Crippen molar-refractivity contribution in [2.75, 3.05) is 0 Å². The molecule has 7 heteroatoms.